The van der Waals surface area contributed by atoms with Gasteiger partial charge in [0.05, 0.1) is 0 Å². The van der Waals surface area contributed by atoms with Crippen LogP contribution in [-0.4, -0.2) is 5.48 Å². The van der Waals surface area contributed by atoms with E-state index >= 15 is 0 Å². The van der Waals surface area contributed by atoms with Crippen molar-refractivity contribution in [3.63, 3.8) is 0 Å². The van der Waals surface area contributed by atoms with Gasteiger partial charge < -0.3 is 14.9 Å². The zero-order valence-corrected chi connectivity index (χ0v) is 4.06. The Kier molecular flexibility index (Phi) is 344. The maximum absolute atomic E-state index is 0. The predicted molar refractivity (Wildman–Crippen MR) is 3.61 cm³/mol. The van der Waals surface area contributed by atoms with Gasteiger partial charge >= 0.3 is 49.4 Å². The second-order valence-corrected chi connectivity index (χ2v) is 0. The van der Waals surface area contributed by atoms with Crippen LogP contribution in [0.25, 0.3) is 0 Å². The summed E-state index contributed by atoms with van der Waals surface area (Å²) in [7, 11) is 0. The average Bonchev–Trinajstić information content (AvgIpc) is 0. The van der Waals surface area contributed by atoms with Crippen LogP contribution in [0.3, 0.4) is 0 Å². The van der Waals surface area contributed by atoms with Crippen LogP contribution in [0.5, 0.6) is 0 Å². The fourth-order valence-electron chi connectivity index (χ4n) is 0. The first kappa shape index (κ1) is 53.2. The normalized spacial score (nSPS) is 0. The van der Waals surface area contributed by atoms with Crippen molar-refractivity contribution < 1.29 is 64.3 Å². The Hall–Kier alpha value is 1.40. The second-order valence-electron chi connectivity index (χ2n) is 0. The maximum Gasteiger partial charge on any atom is 2.00 e. The Morgan fingerprint density at radius 3 is 0.750 bits per heavy atom. The zero-order chi connectivity index (χ0) is 0. The quantitative estimate of drug-likeness (QED) is 0.379. The second kappa shape index (κ2) is 25.9. The molecule has 0 aliphatic rings. The summed E-state index contributed by atoms with van der Waals surface area (Å²) in [6, 6.07) is 0. The third kappa shape index (κ3) is 9.98. The predicted octanol–water partition coefficient (Wildman–Crippen LogP) is -6.82. The molecule has 0 heterocycles. The molecule has 0 aliphatic carbocycles. The van der Waals surface area contributed by atoms with Crippen molar-refractivity contribution >= 4 is 0 Å². The summed E-state index contributed by atoms with van der Waals surface area (Å²) in [5, 5.41) is 0. The summed E-state index contributed by atoms with van der Waals surface area (Å²) < 4.78 is 0. The van der Waals surface area contributed by atoms with Crippen LogP contribution in [0.4, 0.5) is 0 Å². The standard InChI is InChI=1S/Eu.2FH.H2O/h;2*1H;1H2/q+2;;;/p-2. The van der Waals surface area contributed by atoms with E-state index in [0.29, 0.717) is 0 Å². The topological polar surface area (TPSA) is 31.5 Å². The van der Waals surface area contributed by atoms with Crippen molar-refractivity contribution in [2.45, 2.75) is 0 Å². The SMILES string of the molecule is O.[Eu+2].[F-].[F-]. The van der Waals surface area contributed by atoms with E-state index < -0.39 is 0 Å². The molecule has 0 aromatic carbocycles. The first-order chi connectivity index (χ1) is 0. The molecule has 0 aliphatic heterocycles. The van der Waals surface area contributed by atoms with Gasteiger partial charge in [-0.15, -0.1) is 0 Å². The molecule has 4 heavy (non-hydrogen) atoms. The fourth-order valence-corrected chi connectivity index (χ4v) is 0. The maximum atomic E-state index is 0. The molecule has 0 aromatic rings. The molecule has 2 N–H and O–H groups in total. The van der Waals surface area contributed by atoms with Gasteiger partial charge in [0.15, 0.2) is 0 Å². The molecule has 0 unspecified atom stereocenters. The molecule has 0 saturated carbocycles. The first-order valence-electron chi connectivity index (χ1n) is 0. The summed E-state index contributed by atoms with van der Waals surface area (Å²) in [5.41, 5.74) is 0. The van der Waals surface area contributed by atoms with Crippen LogP contribution in [0.2, 0.25) is 0 Å². The van der Waals surface area contributed by atoms with E-state index in [0.717, 1.165) is 0 Å². The molecular formula is H2EuF2O. The van der Waals surface area contributed by atoms with Crippen molar-refractivity contribution in [1.82, 2.24) is 0 Å². The molecule has 0 amide bonds. The monoisotopic (exact) mass is 209 g/mol. The number of rotatable bonds is 0. The van der Waals surface area contributed by atoms with Crippen LogP contribution in [0, 0.1) is 49.4 Å². The third-order valence-electron chi connectivity index (χ3n) is 0. The molecule has 0 aromatic heterocycles. The Labute approximate surface area is 63.3 Å². The molecule has 0 rings (SSSR count). The van der Waals surface area contributed by atoms with Crippen LogP contribution >= 0.6 is 0 Å². The smallest absolute Gasteiger partial charge is 1.00 e. The van der Waals surface area contributed by atoms with Crippen molar-refractivity contribution in [3.8, 4) is 0 Å². The third-order valence-corrected chi connectivity index (χ3v) is 0. The van der Waals surface area contributed by atoms with E-state index in [9.17, 15) is 0 Å². The summed E-state index contributed by atoms with van der Waals surface area (Å²) >= 11 is 0. The first-order valence-corrected chi connectivity index (χ1v) is 0. The summed E-state index contributed by atoms with van der Waals surface area (Å²) in [5.74, 6) is 0. The summed E-state index contributed by atoms with van der Waals surface area (Å²) in [4.78, 5) is 0. The van der Waals surface area contributed by atoms with Gasteiger partial charge in [0.25, 0.3) is 0 Å². The van der Waals surface area contributed by atoms with E-state index in [-0.39, 0.29) is 64.3 Å². The molecule has 1 nitrogen and oxygen atoms in total. The van der Waals surface area contributed by atoms with E-state index in [1.807, 2.05) is 0 Å². The Bertz CT molecular complexity index is 6.00. The van der Waals surface area contributed by atoms with Crippen LogP contribution < -0.4 is 9.41 Å². The molecular weight excluding hydrogens is 206 g/mol. The molecule has 0 spiro atoms. The molecule has 29 valence electrons. The van der Waals surface area contributed by atoms with Gasteiger partial charge in [-0.05, 0) is 0 Å². The van der Waals surface area contributed by atoms with E-state index in [2.05, 4.69) is 0 Å². The van der Waals surface area contributed by atoms with Gasteiger partial charge in [0, 0.05) is 0 Å². The molecule has 0 atom stereocenters. The van der Waals surface area contributed by atoms with E-state index in [1.165, 1.54) is 0 Å². The minimum absolute atomic E-state index is 0. The number of halogens is 2. The molecule has 0 fully saturated rings. The van der Waals surface area contributed by atoms with Gasteiger partial charge in [-0.2, -0.15) is 0 Å². The van der Waals surface area contributed by atoms with Crippen molar-refractivity contribution in [2.24, 2.45) is 0 Å². The van der Waals surface area contributed by atoms with Gasteiger partial charge in [-0.1, -0.05) is 0 Å². The van der Waals surface area contributed by atoms with Gasteiger partial charge in [-0.25, -0.2) is 0 Å². The van der Waals surface area contributed by atoms with Gasteiger partial charge in [-0.3, -0.25) is 0 Å². The molecule has 0 saturated heterocycles. The number of hydrogen-bond donors (Lipinski definition) is 0. The largest absolute Gasteiger partial charge is 2.00 e. The van der Waals surface area contributed by atoms with Crippen molar-refractivity contribution in [3.05, 3.63) is 0 Å². The van der Waals surface area contributed by atoms with E-state index in [1.54, 1.807) is 0 Å². The molecule has 1 radical (unpaired) electrons. The Morgan fingerprint density at radius 1 is 0.750 bits per heavy atom. The minimum atomic E-state index is 0. The van der Waals surface area contributed by atoms with Crippen molar-refractivity contribution in [2.75, 3.05) is 0 Å². The van der Waals surface area contributed by atoms with Crippen LogP contribution in [-0.2, 0) is 0 Å². The fraction of sp³-hybridized carbons (Fsp3) is 0. The summed E-state index contributed by atoms with van der Waals surface area (Å²) in [6.07, 6.45) is 0. The Balaban J connectivity index is 0. The van der Waals surface area contributed by atoms with E-state index in [4.69, 9.17) is 0 Å². The van der Waals surface area contributed by atoms with Gasteiger partial charge in [0.1, 0.15) is 0 Å². The van der Waals surface area contributed by atoms with Crippen LogP contribution in [0.1, 0.15) is 0 Å². The van der Waals surface area contributed by atoms with Gasteiger partial charge in [0.2, 0.25) is 0 Å². The Morgan fingerprint density at radius 2 is 0.750 bits per heavy atom. The molecule has 4 heteroatoms. The number of hydrogen-bond acceptors (Lipinski definition) is 0. The summed E-state index contributed by atoms with van der Waals surface area (Å²) in [6.45, 7) is 0. The van der Waals surface area contributed by atoms with Crippen molar-refractivity contribution in [1.29, 1.82) is 0 Å². The zero-order valence-electron chi connectivity index (χ0n) is 1.63. The average molecular weight is 208 g/mol. The molecule has 0 bridgehead atoms. The van der Waals surface area contributed by atoms with Crippen LogP contribution in [0.15, 0.2) is 0 Å². The minimum Gasteiger partial charge on any atom is -1.00 e.